The lowest BCUT2D eigenvalue weighted by atomic mass is 10.1. The van der Waals surface area contributed by atoms with Gasteiger partial charge >= 0.3 is 6.03 Å². The van der Waals surface area contributed by atoms with Crippen LogP contribution >= 0.6 is 0 Å². The number of fused-ring (bicyclic) bond motifs is 1. The first-order valence-corrected chi connectivity index (χ1v) is 10.2. The summed E-state index contributed by atoms with van der Waals surface area (Å²) < 4.78 is 15.8. The molecule has 3 heterocycles. The van der Waals surface area contributed by atoms with Crippen molar-refractivity contribution in [2.45, 2.75) is 26.8 Å². The number of benzene rings is 1. The number of nitrogens with two attached hydrogens (primary N) is 1. The number of aromatic nitrogens is 4. The van der Waals surface area contributed by atoms with Crippen molar-refractivity contribution in [2.24, 2.45) is 0 Å². The maximum Gasteiger partial charge on any atom is 0.323 e. The lowest BCUT2D eigenvalue weighted by Crippen LogP contribution is -2.20. The molecule has 0 saturated heterocycles. The molecule has 4 N–H and O–H groups in total. The fourth-order valence-electron chi connectivity index (χ4n) is 3.46. The van der Waals surface area contributed by atoms with Gasteiger partial charge in [-0.3, -0.25) is 9.78 Å². The van der Waals surface area contributed by atoms with Crippen molar-refractivity contribution in [2.75, 3.05) is 16.4 Å². The van der Waals surface area contributed by atoms with Crippen molar-refractivity contribution in [3.05, 3.63) is 71.7 Å². The number of carbonyl (C=O) groups excluding carboxylic acids is 2. The molecule has 0 aliphatic heterocycles. The summed E-state index contributed by atoms with van der Waals surface area (Å²) in [5.74, 6) is -0.756. The average Bonchev–Trinajstić information content (AvgIpc) is 3.17. The van der Waals surface area contributed by atoms with Crippen LogP contribution in [0.2, 0.25) is 0 Å². The standard InChI is InChI=1S/C23H22FN7O2/c1-12(2)31-10-15(19-21(25)27-11-28-22(19)31)20(32)18-9-14(6-7-26-18)29-23(33)30-17-8-13(3)4-5-16(17)24/h4-12H,1-3H3,(H2,25,27,28)(H2,26,29,30,33). The summed E-state index contributed by atoms with van der Waals surface area (Å²) in [5.41, 5.74) is 8.17. The first-order valence-electron chi connectivity index (χ1n) is 10.2. The van der Waals surface area contributed by atoms with E-state index in [1.807, 2.05) is 18.4 Å². The Labute approximate surface area is 188 Å². The number of rotatable bonds is 5. The third-order valence-corrected chi connectivity index (χ3v) is 5.06. The van der Waals surface area contributed by atoms with Gasteiger partial charge in [0.15, 0.2) is 0 Å². The summed E-state index contributed by atoms with van der Waals surface area (Å²) in [4.78, 5) is 38.1. The lowest BCUT2D eigenvalue weighted by molar-refractivity contribution is 0.103. The minimum Gasteiger partial charge on any atom is -0.383 e. The number of nitrogens with zero attached hydrogens (tertiary/aromatic N) is 4. The summed E-state index contributed by atoms with van der Waals surface area (Å²) in [5, 5.41) is 5.50. The van der Waals surface area contributed by atoms with E-state index in [1.54, 1.807) is 19.2 Å². The van der Waals surface area contributed by atoms with Crippen molar-refractivity contribution in [1.82, 2.24) is 19.5 Å². The molecule has 0 radical (unpaired) electrons. The number of nitrogen functional groups attached to an aromatic ring is 1. The summed E-state index contributed by atoms with van der Waals surface area (Å²) in [6, 6.07) is 6.75. The Bertz CT molecular complexity index is 1380. The van der Waals surface area contributed by atoms with Gasteiger partial charge in [0.2, 0.25) is 5.78 Å². The van der Waals surface area contributed by atoms with Crippen molar-refractivity contribution < 1.29 is 14.0 Å². The van der Waals surface area contributed by atoms with Gasteiger partial charge in [0.1, 0.15) is 29.3 Å². The van der Waals surface area contributed by atoms with Crippen molar-refractivity contribution in [3.8, 4) is 0 Å². The van der Waals surface area contributed by atoms with E-state index in [1.165, 1.54) is 36.8 Å². The van der Waals surface area contributed by atoms with Gasteiger partial charge in [0.05, 0.1) is 16.6 Å². The number of nitrogens with one attached hydrogen (secondary N) is 2. The molecule has 0 aliphatic rings. The predicted molar refractivity (Wildman–Crippen MR) is 124 cm³/mol. The second kappa shape index (κ2) is 8.65. The van der Waals surface area contributed by atoms with E-state index in [4.69, 9.17) is 5.73 Å². The lowest BCUT2D eigenvalue weighted by Gasteiger charge is -2.10. The van der Waals surface area contributed by atoms with Gasteiger partial charge in [0, 0.05) is 24.1 Å². The van der Waals surface area contributed by atoms with Crippen LogP contribution in [0.25, 0.3) is 11.0 Å². The Hall–Kier alpha value is -4.34. The summed E-state index contributed by atoms with van der Waals surface area (Å²) in [7, 11) is 0. The Morgan fingerprint density at radius 1 is 1.09 bits per heavy atom. The van der Waals surface area contributed by atoms with Crippen LogP contribution < -0.4 is 16.4 Å². The minimum absolute atomic E-state index is 0.0371. The summed E-state index contributed by atoms with van der Waals surface area (Å²) >= 11 is 0. The molecule has 0 saturated carbocycles. The zero-order valence-electron chi connectivity index (χ0n) is 18.3. The number of aryl methyl sites for hydroxylation is 1. The first kappa shape index (κ1) is 21.9. The van der Waals surface area contributed by atoms with Crippen molar-refractivity contribution in [1.29, 1.82) is 0 Å². The van der Waals surface area contributed by atoms with E-state index in [2.05, 4.69) is 25.6 Å². The highest BCUT2D eigenvalue weighted by atomic mass is 19.1. The summed E-state index contributed by atoms with van der Waals surface area (Å²) in [6.07, 6.45) is 4.43. The van der Waals surface area contributed by atoms with Gasteiger partial charge in [-0.15, -0.1) is 0 Å². The second-order valence-corrected chi connectivity index (χ2v) is 7.82. The van der Waals surface area contributed by atoms with Gasteiger partial charge in [-0.1, -0.05) is 6.07 Å². The number of carbonyl (C=O) groups is 2. The van der Waals surface area contributed by atoms with Crippen LogP contribution in [0.15, 0.2) is 49.1 Å². The van der Waals surface area contributed by atoms with E-state index in [-0.39, 0.29) is 23.2 Å². The molecule has 33 heavy (non-hydrogen) atoms. The molecule has 0 aliphatic carbocycles. The van der Waals surface area contributed by atoms with Crippen molar-refractivity contribution >= 4 is 40.0 Å². The SMILES string of the molecule is Cc1ccc(F)c(NC(=O)Nc2ccnc(C(=O)c3cn(C(C)C)c4ncnc(N)c34)c2)c1. The zero-order chi connectivity index (χ0) is 23.7. The number of amides is 2. The molecule has 168 valence electrons. The van der Waals surface area contributed by atoms with E-state index in [9.17, 15) is 14.0 Å². The number of pyridine rings is 1. The molecule has 0 spiro atoms. The monoisotopic (exact) mass is 447 g/mol. The fourth-order valence-corrected chi connectivity index (χ4v) is 3.46. The molecule has 0 fully saturated rings. The molecule has 10 heteroatoms. The second-order valence-electron chi connectivity index (χ2n) is 7.82. The van der Waals surface area contributed by atoms with Crippen LogP contribution in [0.4, 0.5) is 26.4 Å². The molecule has 0 atom stereocenters. The molecule has 0 bridgehead atoms. The third kappa shape index (κ3) is 4.36. The molecule has 4 aromatic rings. The van der Waals surface area contributed by atoms with Crippen LogP contribution in [0.5, 0.6) is 0 Å². The molecule has 9 nitrogen and oxygen atoms in total. The smallest absolute Gasteiger partial charge is 0.323 e. The highest BCUT2D eigenvalue weighted by molar-refractivity contribution is 6.17. The van der Waals surface area contributed by atoms with Crippen LogP contribution in [-0.4, -0.2) is 31.3 Å². The van der Waals surface area contributed by atoms with Crippen LogP contribution in [-0.2, 0) is 0 Å². The van der Waals surface area contributed by atoms with Gasteiger partial charge in [-0.2, -0.15) is 0 Å². The highest BCUT2D eigenvalue weighted by Gasteiger charge is 2.22. The average molecular weight is 447 g/mol. The number of ketones is 1. The number of urea groups is 1. The van der Waals surface area contributed by atoms with E-state index >= 15 is 0 Å². The highest BCUT2D eigenvalue weighted by Crippen LogP contribution is 2.28. The normalized spacial score (nSPS) is 11.1. The Balaban J connectivity index is 1.61. The molecule has 4 rings (SSSR count). The van der Waals surface area contributed by atoms with Crippen LogP contribution in [0.1, 0.15) is 41.5 Å². The van der Waals surface area contributed by atoms with Gasteiger partial charge in [-0.05, 0) is 50.6 Å². The van der Waals surface area contributed by atoms with Crippen LogP contribution in [0, 0.1) is 12.7 Å². The molecule has 3 aromatic heterocycles. The molecule has 2 amide bonds. The molecular weight excluding hydrogens is 425 g/mol. The maximum atomic E-state index is 13.9. The quantitative estimate of drug-likeness (QED) is 0.391. The predicted octanol–water partition coefficient (Wildman–Crippen LogP) is 4.31. The number of hydrogen-bond acceptors (Lipinski definition) is 6. The minimum atomic E-state index is -0.654. The van der Waals surface area contributed by atoms with Gasteiger partial charge in [0.25, 0.3) is 0 Å². The fraction of sp³-hybridized carbons (Fsp3) is 0.174. The summed E-state index contributed by atoms with van der Waals surface area (Å²) in [6.45, 7) is 5.71. The Morgan fingerprint density at radius 3 is 2.64 bits per heavy atom. The number of hydrogen-bond donors (Lipinski definition) is 3. The Morgan fingerprint density at radius 2 is 1.88 bits per heavy atom. The van der Waals surface area contributed by atoms with E-state index < -0.39 is 17.6 Å². The number of anilines is 3. The van der Waals surface area contributed by atoms with Gasteiger partial charge in [-0.25, -0.2) is 19.2 Å². The third-order valence-electron chi connectivity index (χ3n) is 5.06. The molecule has 1 aromatic carbocycles. The Kier molecular flexibility index (Phi) is 5.74. The number of halogens is 1. The zero-order valence-corrected chi connectivity index (χ0v) is 18.3. The van der Waals surface area contributed by atoms with Crippen LogP contribution in [0.3, 0.4) is 0 Å². The molecular formula is C23H22FN7O2. The maximum absolute atomic E-state index is 13.9. The van der Waals surface area contributed by atoms with Gasteiger partial charge < -0.3 is 20.9 Å². The topological polar surface area (TPSA) is 128 Å². The largest absolute Gasteiger partial charge is 0.383 e. The molecule has 0 unspecified atom stereocenters. The van der Waals surface area contributed by atoms with E-state index in [0.717, 1.165) is 5.56 Å². The first-order chi connectivity index (χ1) is 15.7. The van der Waals surface area contributed by atoms with E-state index in [0.29, 0.717) is 22.3 Å². The van der Waals surface area contributed by atoms with Crippen molar-refractivity contribution in [3.63, 3.8) is 0 Å².